The normalized spacial score (nSPS) is 8.62. The molecule has 0 aliphatic rings. The Morgan fingerprint density at radius 3 is 1.85 bits per heavy atom. The van der Waals surface area contributed by atoms with E-state index in [9.17, 15) is 4.79 Å². The Hall–Kier alpha value is -0.650. The molecule has 0 aromatic heterocycles. The van der Waals surface area contributed by atoms with E-state index >= 15 is 0 Å². The summed E-state index contributed by atoms with van der Waals surface area (Å²) in [5.41, 5.74) is 0. The molecule has 0 spiro atoms. The first kappa shape index (κ1) is 14.9. The van der Waals surface area contributed by atoms with Crippen LogP contribution < -0.4 is 0 Å². The lowest BCUT2D eigenvalue weighted by molar-refractivity contribution is -0.140. The number of ether oxygens (including phenoxy) is 2. The SMILES string of the molecule is CCC(=O)OC.OCCOCCO. The van der Waals surface area contributed by atoms with E-state index < -0.39 is 0 Å². The lowest BCUT2D eigenvalue weighted by Crippen LogP contribution is -2.03. The third kappa shape index (κ3) is 18.4. The minimum absolute atomic E-state index is 0.0278. The van der Waals surface area contributed by atoms with Crippen LogP contribution >= 0.6 is 0 Å². The van der Waals surface area contributed by atoms with Crippen molar-refractivity contribution in [1.29, 1.82) is 0 Å². The minimum Gasteiger partial charge on any atom is -0.469 e. The Bertz CT molecular complexity index is 94.7. The fraction of sp³-hybridized carbons (Fsp3) is 0.875. The van der Waals surface area contributed by atoms with Crippen molar-refractivity contribution in [2.75, 3.05) is 33.5 Å². The van der Waals surface area contributed by atoms with Gasteiger partial charge in [0.15, 0.2) is 0 Å². The topological polar surface area (TPSA) is 76.0 Å². The molecule has 0 amide bonds. The van der Waals surface area contributed by atoms with Crippen molar-refractivity contribution >= 4 is 5.97 Å². The van der Waals surface area contributed by atoms with Crippen LogP contribution in [0, 0.1) is 0 Å². The zero-order valence-electron chi connectivity index (χ0n) is 8.15. The van der Waals surface area contributed by atoms with E-state index in [1.165, 1.54) is 7.11 Å². The van der Waals surface area contributed by atoms with Gasteiger partial charge in [-0.1, -0.05) is 6.92 Å². The zero-order valence-corrected chi connectivity index (χ0v) is 8.15. The van der Waals surface area contributed by atoms with Crippen molar-refractivity contribution in [3.8, 4) is 0 Å². The maximum atomic E-state index is 9.96. The number of hydrogen-bond acceptors (Lipinski definition) is 5. The van der Waals surface area contributed by atoms with Gasteiger partial charge in [0.1, 0.15) is 0 Å². The molecule has 0 fully saturated rings. The van der Waals surface area contributed by atoms with Crippen LogP contribution in [-0.4, -0.2) is 49.7 Å². The van der Waals surface area contributed by atoms with Crippen LogP contribution in [0.1, 0.15) is 13.3 Å². The fourth-order valence-corrected chi connectivity index (χ4v) is 0.375. The first-order valence-corrected chi connectivity index (χ1v) is 4.09. The van der Waals surface area contributed by atoms with Crippen LogP contribution in [-0.2, 0) is 14.3 Å². The monoisotopic (exact) mass is 194 g/mol. The van der Waals surface area contributed by atoms with Crippen molar-refractivity contribution in [3.63, 3.8) is 0 Å². The summed E-state index contributed by atoms with van der Waals surface area (Å²) in [5, 5.41) is 16.2. The van der Waals surface area contributed by atoms with Gasteiger partial charge in [-0.15, -0.1) is 0 Å². The average Bonchev–Trinajstić information content (AvgIpc) is 2.18. The van der Waals surface area contributed by atoms with Crippen LogP contribution in [0.4, 0.5) is 0 Å². The van der Waals surface area contributed by atoms with Gasteiger partial charge in [-0.25, -0.2) is 0 Å². The second-order valence-electron chi connectivity index (χ2n) is 1.99. The molecule has 0 aliphatic carbocycles. The van der Waals surface area contributed by atoms with Crippen molar-refractivity contribution in [2.45, 2.75) is 13.3 Å². The van der Waals surface area contributed by atoms with E-state index in [-0.39, 0.29) is 19.2 Å². The molecule has 0 unspecified atom stereocenters. The van der Waals surface area contributed by atoms with Gasteiger partial charge in [0.2, 0.25) is 0 Å². The summed E-state index contributed by atoms with van der Waals surface area (Å²) < 4.78 is 8.89. The van der Waals surface area contributed by atoms with Crippen LogP contribution in [0.15, 0.2) is 0 Å². The van der Waals surface area contributed by atoms with Gasteiger partial charge in [-0.2, -0.15) is 0 Å². The molecule has 0 aromatic carbocycles. The number of hydrogen-bond donors (Lipinski definition) is 2. The van der Waals surface area contributed by atoms with Crippen LogP contribution in [0.25, 0.3) is 0 Å². The van der Waals surface area contributed by atoms with E-state index in [1.807, 2.05) is 0 Å². The first-order chi connectivity index (χ1) is 6.22. The molecule has 0 aromatic rings. The number of aliphatic hydroxyl groups excluding tert-OH is 2. The van der Waals surface area contributed by atoms with Gasteiger partial charge >= 0.3 is 5.97 Å². The van der Waals surface area contributed by atoms with Gasteiger partial charge in [0, 0.05) is 6.42 Å². The van der Waals surface area contributed by atoms with Crippen molar-refractivity contribution < 1.29 is 24.5 Å². The number of carbonyl (C=O) groups excluding carboxylic acids is 1. The van der Waals surface area contributed by atoms with Gasteiger partial charge in [0.25, 0.3) is 0 Å². The van der Waals surface area contributed by atoms with E-state index in [0.29, 0.717) is 19.6 Å². The summed E-state index contributed by atoms with van der Waals surface area (Å²) in [4.78, 5) is 9.96. The molecule has 2 N–H and O–H groups in total. The largest absolute Gasteiger partial charge is 0.469 e. The van der Waals surface area contributed by atoms with E-state index in [2.05, 4.69) is 9.47 Å². The second-order valence-corrected chi connectivity index (χ2v) is 1.99. The van der Waals surface area contributed by atoms with Gasteiger partial charge in [-0.05, 0) is 0 Å². The van der Waals surface area contributed by atoms with Crippen molar-refractivity contribution in [3.05, 3.63) is 0 Å². The quantitative estimate of drug-likeness (QED) is 0.458. The first-order valence-electron chi connectivity index (χ1n) is 4.09. The smallest absolute Gasteiger partial charge is 0.305 e. The Kier molecular flexibility index (Phi) is 15.9. The highest BCUT2D eigenvalue weighted by Crippen LogP contribution is 1.76. The maximum absolute atomic E-state index is 9.96. The van der Waals surface area contributed by atoms with Crippen LogP contribution in [0.5, 0.6) is 0 Å². The minimum atomic E-state index is -0.157. The molecule has 80 valence electrons. The van der Waals surface area contributed by atoms with Crippen molar-refractivity contribution in [2.24, 2.45) is 0 Å². The summed E-state index contributed by atoms with van der Waals surface area (Å²) in [7, 11) is 1.38. The summed E-state index contributed by atoms with van der Waals surface area (Å²) in [6, 6.07) is 0. The molecule has 0 radical (unpaired) electrons. The van der Waals surface area contributed by atoms with Gasteiger partial charge in [0.05, 0.1) is 33.5 Å². The molecule has 0 rings (SSSR count). The third-order valence-electron chi connectivity index (χ3n) is 0.988. The molecule has 5 nitrogen and oxygen atoms in total. The lowest BCUT2D eigenvalue weighted by atomic mass is 10.5. The van der Waals surface area contributed by atoms with E-state index in [0.717, 1.165) is 0 Å². The lowest BCUT2D eigenvalue weighted by Gasteiger charge is -1.94. The average molecular weight is 194 g/mol. The molecular weight excluding hydrogens is 176 g/mol. The molecule has 5 heteroatoms. The second kappa shape index (κ2) is 13.9. The Labute approximate surface area is 78.3 Å². The highest BCUT2D eigenvalue weighted by atomic mass is 16.5. The predicted octanol–water partition coefficient (Wildman–Crippen LogP) is -0.443. The standard InChI is InChI=1S/C4H10O3.C4H8O2/c5-1-3-7-4-2-6;1-3-4(5)6-2/h5-6H,1-4H2;3H2,1-2H3. The Balaban J connectivity index is 0. The number of aliphatic hydroxyl groups is 2. The maximum Gasteiger partial charge on any atom is 0.305 e. The fourth-order valence-electron chi connectivity index (χ4n) is 0.375. The van der Waals surface area contributed by atoms with Crippen LogP contribution in [0.3, 0.4) is 0 Å². The molecule has 0 saturated carbocycles. The van der Waals surface area contributed by atoms with E-state index in [4.69, 9.17) is 10.2 Å². The van der Waals surface area contributed by atoms with Gasteiger partial charge in [-0.3, -0.25) is 4.79 Å². The van der Waals surface area contributed by atoms with Crippen LogP contribution in [0.2, 0.25) is 0 Å². The number of esters is 1. The van der Waals surface area contributed by atoms with E-state index in [1.54, 1.807) is 6.92 Å². The summed E-state index contributed by atoms with van der Waals surface area (Å²) in [6.45, 7) is 2.45. The molecule has 13 heavy (non-hydrogen) atoms. The zero-order chi connectivity index (χ0) is 10.5. The summed E-state index contributed by atoms with van der Waals surface area (Å²) in [5.74, 6) is -0.157. The molecular formula is C8H18O5. The molecule has 0 atom stereocenters. The number of carbonyl (C=O) groups is 1. The molecule has 0 bridgehead atoms. The Morgan fingerprint density at radius 1 is 1.23 bits per heavy atom. The summed E-state index contributed by atoms with van der Waals surface area (Å²) in [6.07, 6.45) is 0.469. The Morgan fingerprint density at radius 2 is 1.69 bits per heavy atom. The number of rotatable bonds is 5. The molecule has 0 heterocycles. The molecule has 0 saturated heterocycles. The molecule has 0 aliphatic heterocycles. The van der Waals surface area contributed by atoms with Gasteiger partial charge < -0.3 is 19.7 Å². The number of methoxy groups -OCH3 is 1. The summed E-state index contributed by atoms with van der Waals surface area (Å²) >= 11 is 0. The highest BCUT2D eigenvalue weighted by Gasteiger charge is 1.87. The highest BCUT2D eigenvalue weighted by molar-refractivity contribution is 5.68. The predicted molar refractivity (Wildman–Crippen MR) is 47.3 cm³/mol. The van der Waals surface area contributed by atoms with Crippen molar-refractivity contribution in [1.82, 2.24) is 0 Å². The third-order valence-corrected chi connectivity index (χ3v) is 0.988.